The van der Waals surface area contributed by atoms with Crippen molar-refractivity contribution >= 4 is 28.6 Å². The maximum atomic E-state index is 12.6. The van der Waals surface area contributed by atoms with E-state index in [4.69, 9.17) is 16.2 Å². The average Bonchev–Trinajstić information content (AvgIpc) is 3.05. The minimum atomic E-state index is -1.41. The number of amides is 1. The highest BCUT2D eigenvalue weighted by Gasteiger charge is 2.58. The molecule has 2 aromatic rings. The topological polar surface area (TPSA) is 154 Å². The number of carboxylic acids is 1. The highest BCUT2D eigenvalue weighted by Crippen LogP contribution is 2.47. The number of aliphatic hydroxyl groups excluding tert-OH is 1. The van der Waals surface area contributed by atoms with E-state index in [0.717, 1.165) is 29.4 Å². The van der Waals surface area contributed by atoms with Crippen LogP contribution in [0.3, 0.4) is 0 Å². The summed E-state index contributed by atoms with van der Waals surface area (Å²) in [5.74, 6) is -2.01. The van der Waals surface area contributed by atoms with Crippen LogP contribution in [-0.2, 0) is 16.1 Å². The van der Waals surface area contributed by atoms with Crippen molar-refractivity contribution in [1.82, 2.24) is 4.90 Å². The molecule has 0 aromatic heterocycles. The van der Waals surface area contributed by atoms with Crippen LogP contribution in [0.1, 0.15) is 19.4 Å². The van der Waals surface area contributed by atoms with Gasteiger partial charge in [-0.3, -0.25) is 4.79 Å². The molecule has 0 radical (unpaired) electrons. The van der Waals surface area contributed by atoms with E-state index in [1.165, 1.54) is 4.90 Å². The van der Waals surface area contributed by atoms with Crippen LogP contribution >= 0.6 is 0 Å². The number of hydrogen-bond acceptors (Lipinski definition) is 6. The lowest BCUT2D eigenvalue weighted by atomic mass is 9.78. The van der Waals surface area contributed by atoms with Gasteiger partial charge in [0, 0.05) is 16.9 Å². The Morgan fingerprint density at radius 2 is 1.89 bits per heavy atom. The van der Waals surface area contributed by atoms with E-state index < -0.39 is 29.9 Å². The van der Waals surface area contributed by atoms with Gasteiger partial charge in [0.05, 0.1) is 56.9 Å². The number of guanidine groups is 1. The third-order valence-electron chi connectivity index (χ3n) is 7.46. The van der Waals surface area contributed by atoms with Gasteiger partial charge in [0.2, 0.25) is 5.91 Å². The Balaban J connectivity index is 1.58. The van der Waals surface area contributed by atoms with Gasteiger partial charge in [0.1, 0.15) is 18.9 Å². The minimum Gasteiger partial charge on any atom is -0.543 e. The second kappa shape index (κ2) is 10.0. The standard InChI is InChI=1S/C27H35N5O5/c1-15-20(24(26(35)36)31-23(15)22(16(2)33)25(31)34)14-37-21-10-6-8-18-17(7-5-9-19(18)21)13-32(3,4)12-11-30-27(28)29/h5-10,15-16,22-23,33H,11-14H2,1-4H3,(H4-,28,29,30,35,36)/t15-,16+,22+,23+/m0/s1. The van der Waals surface area contributed by atoms with E-state index in [9.17, 15) is 19.8 Å². The van der Waals surface area contributed by atoms with Crippen LogP contribution in [0.5, 0.6) is 5.75 Å². The number of hydrogen-bond donors (Lipinski definition) is 3. The van der Waals surface area contributed by atoms with Gasteiger partial charge < -0.3 is 40.6 Å². The molecule has 4 atom stereocenters. The summed E-state index contributed by atoms with van der Waals surface area (Å²) in [7, 11) is 4.23. The van der Waals surface area contributed by atoms with Crippen LogP contribution in [0.2, 0.25) is 0 Å². The van der Waals surface area contributed by atoms with Crippen LogP contribution in [0, 0.1) is 11.8 Å². The Labute approximate surface area is 216 Å². The molecule has 1 saturated heterocycles. The lowest BCUT2D eigenvalue weighted by Crippen LogP contribution is -2.64. The fourth-order valence-electron chi connectivity index (χ4n) is 5.58. The Bertz CT molecular complexity index is 1280. The first-order chi connectivity index (χ1) is 17.4. The summed E-state index contributed by atoms with van der Waals surface area (Å²) in [5, 5.41) is 24.0. The molecule has 0 aliphatic carbocycles. The molecular formula is C27H35N5O5. The molecule has 0 bridgehead atoms. The Hall–Kier alpha value is -3.63. The van der Waals surface area contributed by atoms with E-state index in [0.29, 0.717) is 22.4 Å². The summed E-state index contributed by atoms with van der Waals surface area (Å²) < 4.78 is 6.86. The SMILES string of the molecule is C[C@@H](O)[C@H]1C(=O)N2C(C(=O)[O-])=C(COc3cccc4c(C[N+](C)(C)CCN=C(N)N)cccc34)[C@H](C)[C@H]12. The Kier molecular flexibility index (Phi) is 7.16. The fraction of sp³-hybridized carbons (Fsp3) is 0.444. The molecule has 1 fully saturated rings. The predicted octanol–water partition coefficient (Wildman–Crippen LogP) is -0.0701. The third-order valence-corrected chi connectivity index (χ3v) is 7.46. The maximum Gasteiger partial charge on any atom is 0.235 e. The molecule has 5 N–H and O–H groups in total. The van der Waals surface area contributed by atoms with E-state index in [-0.39, 0.29) is 24.2 Å². The quantitative estimate of drug-likeness (QED) is 0.175. The van der Waals surface area contributed by atoms with E-state index in [2.05, 4.69) is 25.2 Å². The number of aliphatic hydroxyl groups is 1. The summed E-state index contributed by atoms with van der Waals surface area (Å²) in [6, 6.07) is 11.4. The van der Waals surface area contributed by atoms with Crippen LogP contribution in [0.4, 0.5) is 0 Å². The number of benzene rings is 2. The van der Waals surface area contributed by atoms with Crippen LogP contribution in [-0.4, -0.2) is 78.3 Å². The molecule has 0 saturated carbocycles. The third kappa shape index (κ3) is 4.99. The van der Waals surface area contributed by atoms with Crippen molar-refractivity contribution in [2.75, 3.05) is 33.8 Å². The van der Waals surface area contributed by atoms with Crippen molar-refractivity contribution in [3.8, 4) is 5.75 Å². The fourth-order valence-corrected chi connectivity index (χ4v) is 5.58. The van der Waals surface area contributed by atoms with E-state index in [1.54, 1.807) is 6.92 Å². The van der Waals surface area contributed by atoms with Crippen molar-refractivity contribution < 1.29 is 29.0 Å². The number of ether oxygens (including phenoxy) is 1. The molecule has 2 aliphatic heterocycles. The summed E-state index contributed by atoms with van der Waals surface area (Å²) in [6.45, 7) is 5.44. The summed E-state index contributed by atoms with van der Waals surface area (Å²) in [6.07, 6.45) is -0.863. The molecule has 198 valence electrons. The van der Waals surface area contributed by atoms with Gasteiger partial charge in [-0.25, -0.2) is 4.99 Å². The molecule has 10 nitrogen and oxygen atoms in total. The van der Waals surface area contributed by atoms with Crippen molar-refractivity contribution in [2.45, 2.75) is 32.5 Å². The zero-order chi connectivity index (χ0) is 27.1. The van der Waals surface area contributed by atoms with Crippen LogP contribution in [0.15, 0.2) is 52.7 Å². The maximum absolute atomic E-state index is 12.6. The molecule has 2 aliphatic rings. The largest absolute Gasteiger partial charge is 0.543 e. The molecule has 0 unspecified atom stereocenters. The minimum absolute atomic E-state index is 0.000695. The number of nitrogens with zero attached hydrogens (tertiary/aromatic N) is 3. The zero-order valence-electron chi connectivity index (χ0n) is 21.7. The highest BCUT2D eigenvalue weighted by molar-refractivity contribution is 5.99. The number of quaternary nitrogens is 1. The number of carboxylic acid groups (broad SMARTS) is 1. The molecule has 1 amide bonds. The van der Waals surface area contributed by atoms with E-state index in [1.807, 2.05) is 37.3 Å². The second-order valence-corrected chi connectivity index (χ2v) is 10.6. The van der Waals surface area contributed by atoms with Gasteiger partial charge >= 0.3 is 0 Å². The molecule has 2 aromatic carbocycles. The van der Waals surface area contributed by atoms with Crippen molar-refractivity contribution in [3.05, 3.63) is 53.2 Å². The molecule has 0 spiro atoms. The first kappa shape index (κ1) is 26.4. The first-order valence-electron chi connectivity index (χ1n) is 12.4. The molecule has 2 heterocycles. The number of β-lactam (4-membered cyclic amide) rings is 1. The zero-order valence-corrected chi connectivity index (χ0v) is 21.7. The normalized spacial score (nSPS) is 22.0. The van der Waals surface area contributed by atoms with Gasteiger partial charge in [-0.1, -0.05) is 37.3 Å². The van der Waals surface area contributed by atoms with Crippen LogP contribution in [0.25, 0.3) is 10.8 Å². The van der Waals surface area contributed by atoms with Gasteiger partial charge in [-0.15, -0.1) is 0 Å². The van der Waals surface area contributed by atoms with Crippen molar-refractivity contribution in [2.24, 2.45) is 28.3 Å². The number of aliphatic imine (C=N–C) groups is 1. The molecule has 37 heavy (non-hydrogen) atoms. The van der Waals surface area contributed by atoms with Crippen molar-refractivity contribution in [3.63, 3.8) is 0 Å². The average molecular weight is 510 g/mol. The van der Waals surface area contributed by atoms with E-state index >= 15 is 0 Å². The van der Waals surface area contributed by atoms with Gasteiger partial charge in [-0.2, -0.15) is 0 Å². The number of nitrogens with two attached hydrogens (primary N) is 2. The molecular weight excluding hydrogens is 474 g/mol. The number of carbonyl (C=O) groups excluding carboxylic acids is 2. The monoisotopic (exact) mass is 509 g/mol. The number of likely N-dealkylation sites (N-methyl/N-ethyl adjacent to an activating group) is 1. The lowest BCUT2D eigenvalue weighted by molar-refractivity contribution is -0.902. The number of carbonyl (C=O) groups is 2. The Morgan fingerprint density at radius 3 is 2.54 bits per heavy atom. The number of fused-ring (bicyclic) bond motifs is 2. The molecule has 4 rings (SSSR count). The molecule has 10 heteroatoms. The predicted molar refractivity (Wildman–Crippen MR) is 138 cm³/mol. The van der Waals surface area contributed by atoms with Crippen molar-refractivity contribution in [1.29, 1.82) is 0 Å². The van der Waals surface area contributed by atoms with Gasteiger partial charge in [-0.05, 0) is 23.9 Å². The van der Waals surface area contributed by atoms with Gasteiger partial charge in [0.25, 0.3) is 0 Å². The number of rotatable bonds is 10. The first-order valence-corrected chi connectivity index (χ1v) is 12.4. The summed E-state index contributed by atoms with van der Waals surface area (Å²) in [5.41, 5.74) is 12.4. The number of aliphatic carboxylic acids is 1. The smallest absolute Gasteiger partial charge is 0.235 e. The second-order valence-electron chi connectivity index (χ2n) is 10.6. The highest BCUT2D eigenvalue weighted by atomic mass is 16.5. The summed E-state index contributed by atoms with van der Waals surface area (Å²) in [4.78, 5) is 29.9. The lowest BCUT2D eigenvalue weighted by Gasteiger charge is -2.47. The van der Waals surface area contributed by atoms with Crippen LogP contribution < -0.4 is 21.3 Å². The van der Waals surface area contributed by atoms with Gasteiger partial charge in [0.15, 0.2) is 5.96 Å². The summed E-state index contributed by atoms with van der Waals surface area (Å²) >= 11 is 0. The Morgan fingerprint density at radius 1 is 1.22 bits per heavy atom.